The van der Waals surface area contributed by atoms with Gasteiger partial charge in [0.25, 0.3) is 0 Å². The van der Waals surface area contributed by atoms with Crippen LogP contribution in [0.4, 0.5) is 4.39 Å². The van der Waals surface area contributed by atoms with E-state index in [1.165, 1.54) is 6.07 Å². The third-order valence-corrected chi connectivity index (χ3v) is 4.31. The molecule has 1 heterocycles. The summed E-state index contributed by atoms with van der Waals surface area (Å²) in [5, 5.41) is 6.39. The van der Waals surface area contributed by atoms with E-state index in [0.717, 1.165) is 24.9 Å². The molecular formula is C17H26ClFN2O. The van der Waals surface area contributed by atoms with Crippen LogP contribution in [0.15, 0.2) is 24.3 Å². The molecule has 0 radical (unpaired) electrons. The highest BCUT2D eigenvalue weighted by atomic mass is 35.5. The Labute approximate surface area is 138 Å². The van der Waals surface area contributed by atoms with Crippen molar-refractivity contribution in [1.82, 2.24) is 10.6 Å². The molecule has 0 aliphatic carbocycles. The zero-order valence-electron chi connectivity index (χ0n) is 13.5. The maximum Gasteiger partial charge on any atom is 0.223 e. The maximum absolute atomic E-state index is 13.3. The molecule has 0 spiro atoms. The summed E-state index contributed by atoms with van der Waals surface area (Å²) in [6.07, 6.45) is 1.77. The molecule has 0 unspecified atom stereocenters. The van der Waals surface area contributed by atoms with Crippen molar-refractivity contribution in [2.75, 3.05) is 13.1 Å². The van der Waals surface area contributed by atoms with E-state index in [2.05, 4.69) is 17.6 Å². The Kier molecular flexibility index (Phi) is 6.82. The molecule has 2 atom stereocenters. The van der Waals surface area contributed by atoms with Gasteiger partial charge in [-0.1, -0.05) is 26.0 Å². The number of halogens is 2. The van der Waals surface area contributed by atoms with Gasteiger partial charge >= 0.3 is 0 Å². The first-order valence-corrected chi connectivity index (χ1v) is 7.65. The molecule has 2 rings (SSSR count). The van der Waals surface area contributed by atoms with Crippen LogP contribution in [0.2, 0.25) is 0 Å². The molecule has 124 valence electrons. The van der Waals surface area contributed by atoms with Crippen molar-refractivity contribution in [1.29, 1.82) is 0 Å². The van der Waals surface area contributed by atoms with Crippen LogP contribution in [0.1, 0.15) is 39.2 Å². The Balaban J connectivity index is 0.00000242. The van der Waals surface area contributed by atoms with Crippen LogP contribution < -0.4 is 10.6 Å². The average Bonchev–Trinajstić information content (AvgIpc) is 2.45. The predicted octanol–water partition coefficient (Wildman–Crippen LogP) is 3.03. The topological polar surface area (TPSA) is 41.1 Å². The molecular weight excluding hydrogens is 303 g/mol. The van der Waals surface area contributed by atoms with Crippen LogP contribution in [0.3, 0.4) is 0 Å². The molecule has 3 nitrogen and oxygen atoms in total. The van der Waals surface area contributed by atoms with Gasteiger partial charge in [0.1, 0.15) is 5.82 Å². The lowest BCUT2D eigenvalue weighted by Crippen LogP contribution is -2.45. The molecule has 1 aromatic rings. The second kappa shape index (κ2) is 7.93. The second-order valence-corrected chi connectivity index (χ2v) is 6.69. The Morgan fingerprint density at radius 2 is 2.18 bits per heavy atom. The standard InChI is InChI=1S/C17H25FN2O.ClH/c1-12-9-13(7-8-19-12)16(21)20-11-17(2,3)14-5-4-6-15(18)10-14;/h4-6,10,12-13,19H,7-9,11H2,1-3H3,(H,20,21);1H/t12-,13-;/m0./s1. The largest absolute Gasteiger partial charge is 0.355 e. The predicted molar refractivity (Wildman–Crippen MR) is 89.9 cm³/mol. The van der Waals surface area contributed by atoms with Crippen molar-refractivity contribution in [3.63, 3.8) is 0 Å². The van der Waals surface area contributed by atoms with Gasteiger partial charge in [-0.3, -0.25) is 4.79 Å². The first kappa shape index (κ1) is 18.9. The molecule has 5 heteroatoms. The smallest absolute Gasteiger partial charge is 0.223 e. The Morgan fingerprint density at radius 1 is 1.45 bits per heavy atom. The number of nitrogens with one attached hydrogen (secondary N) is 2. The summed E-state index contributed by atoms with van der Waals surface area (Å²) in [6, 6.07) is 6.99. The number of hydrogen-bond donors (Lipinski definition) is 2. The van der Waals surface area contributed by atoms with Gasteiger partial charge in [-0.25, -0.2) is 4.39 Å². The number of hydrogen-bond acceptors (Lipinski definition) is 2. The van der Waals surface area contributed by atoms with Gasteiger partial charge in [-0.2, -0.15) is 0 Å². The van der Waals surface area contributed by atoms with Crippen LogP contribution in [0.25, 0.3) is 0 Å². The number of piperidine rings is 1. The minimum atomic E-state index is -0.281. The van der Waals surface area contributed by atoms with Gasteiger partial charge in [0.15, 0.2) is 0 Å². The summed E-state index contributed by atoms with van der Waals surface area (Å²) >= 11 is 0. The lowest BCUT2D eigenvalue weighted by molar-refractivity contribution is -0.126. The molecule has 1 saturated heterocycles. The summed E-state index contributed by atoms with van der Waals surface area (Å²) in [4.78, 5) is 12.3. The van der Waals surface area contributed by atoms with Gasteiger partial charge in [-0.15, -0.1) is 12.4 Å². The van der Waals surface area contributed by atoms with Gasteiger partial charge < -0.3 is 10.6 Å². The highest BCUT2D eigenvalue weighted by molar-refractivity contribution is 5.85. The fraction of sp³-hybridized carbons (Fsp3) is 0.588. The molecule has 1 fully saturated rings. The van der Waals surface area contributed by atoms with Crippen molar-refractivity contribution < 1.29 is 9.18 Å². The van der Waals surface area contributed by atoms with Crippen LogP contribution >= 0.6 is 12.4 Å². The molecule has 1 amide bonds. The quantitative estimate of drug-likeness (QED) is 0.892. The lowest BCUT2D eigenvalue weighted by Gasteiger charge is -2.30. The first-order chi connectivity index (χ1) is 9.88. The number of carbonyl (C=O) groups excluding carboxylic acids is 1. The van der Waals surface area contributed by atoms with Crippen LogP contribution in [-0.2, 0) is 10.2 Å². The van der Waals surface area contributed by atoms with Gasteiger partial charge in [0.2, 0.25) is 5.91 Å². The third-order valence-electron chi connectivity index (χ3n) is 4.31. The highest BCUT2D eigenvalue weighted by Gasteiger charge is 2.27. The van der Waals surface area contributed by atoms with Gasteiger partial charge in [0, 0.05) is 23.9 Å². The summed E-state index contributed by atoms with van der Waals surface area (Å²) in [5.41, 5.74) is 0.623. The average molecular weight is 329 g/mol. The Morgan fingerprint density at radius 3 is 2.82 bits per heavy atom. The van der Waals surface area contributed by atoms with Crippen LogP contribution in [-0.4, -0.2) is 25.0 Å². The fourth-order valence-corrected chi connectivity index (χ4v) is 2.83. The summed E-state index contributed by atoms with van der Waals surface area (Å²) < 4.78 is 13.3. The number of benzene rings is 1. The molecule has 1 aliphatic rings. The van der Waals surface area contributed by atoms with E-state index in [1.807, 2.05) is 19.9 Å². The molecule has 22 heavy (non-hydrogen) atoms. The molecule has 1 aliphatic heterocycles. The first-order valence-electron chi connectivity index (χ1n) is 7.65. The zero-order chi connectivity index (χ0) is 15.5. The third kappa shape index (κ3) is 4.96. The van der Waals surface area contributed by atoms with Crippen molar-refractivity contribution in [2.24, 2.45) is 5.92 Å². The Bertz CT molecular complexity index is 507. The maximum atomic E-state index is 13.3. The Hall–Kier alpha value is -1.13. The summed E-state index contributed by atoms with van der Waals surface area (Å²) in [6.45, 7) is 7.57. The second-order valence-electron chi connectivity index (χ2n) is 6.69. The molecule has 0 bridgehead atoms. The van der Waals surface area contributed by atoms with Crippen LogP contribution in [0, 0.1) is 11.7 Å². The van der Waals surface area contributed by atoms with Gasteiger partial charge in [-0.05, 0) is 44.0 Å². The van der Waals surface area contributed by atoms with E-state index >= 15 is 0 Å². The van der Waals surface area contributed by atoms with E-state index in [4.69, 9.17) is 0 Å². The van der Waals surface area contributed by atoms with E-state index in [-0.39, 0.29) is 35.5 Å². The number of rotatable bonds is 4. The van der Waals surface area contributed by atoms with E-state index in [9.17, 15) is 9.18 Å². The van der Waals surface area contributed by atoms with E-state index in [1.54, 1.807) is 12.1 Å². The van der Waals surface area contributed by atoms with Crippen LogP contribution in [0.5, 0.6) is 0 Å². The number of carbonyl (C=O) groups is 1. The molecule has 0 saturated carbocycles. The molecule has 1 aromatic carbocycles. The van der Waals surface area contributed by atoms with E-state index < -0.39 is 0 Å². The van der Waals surface area contributed by atoms with Crippen molar-refractivity contribution in [2.45, 2.75) is 45.1 Å². The highest BCUT2D eigenvalue weighted by Crippen LogP contribution is 2.23. The van der Waals surface area contributed by atoms with Crippen molar-refractivity contribution in [3.8, 4) is 0 Å². The monoisotopic (exact) mass is 328 g/mol. The molecule has 2 N–H and O–H groups in total. The lowest BCUT2D eigenvalue weighted by atomic mass is 9.84. The van der Waals surface area contributed by atoms with Crippen molar-refractivity contribution >= 4 is 18.3 Å². The molecule has 0 aromatic heterocycles. The van der Waals surface area contributed by atoms with E-state index in [0.29, 0.717) is 12.6 Å². The summed E-state index contributed by atoms with van der Waals surface area (Å²) in [7, 11) is 0. The minimum Gasteiger partial charge on any atom is -0.355 e. The summed E-state index contributed by atoms with van der Waals surface area (Å²) in [5.74, 6) is -0.0310. The van der Waals surface area contributed by atoms with Gasteiger partial charge in [0.05, 0.1) is 0 Å². The SMILES string of the molecule is C[C@H]1C[C@@H](C(=O)NCC(C)(C)c2cccc(F)c2)CCN1.Cl. The fourth-order valence-electron chi connectivity index (χ4n) is 2.83. The zero-order valence-corrected chi connectivity index (χ0v) is 14.3. The number of amides is 1. The van der Waals surface area contributed by atoms with Crippen molar-refractivity contribution in [3.05, 3.63) is 35.6 Å². The normalized spacial score (nSPS) is 21.8. The minimum absolute atomic E-state index is 0.